The molecule has 4 heterocycles. The van der Waals surface area contributed by atoms with E-state index in [0.29, 0.717) is 35.1 Å². The summed E-state index contributed by atoms with van der Waals surface area (Å²) in [6, 6.07) is 14.9. The van der Waals surface area contributed by atoms with Crippen LogP contribution in [0.15, 0.2) is 60.8 Å². The number of carbonyl (C=O) groups excluding carboxylic acids is 2. The van der Waals surface area contributed by atoms with Gasteiger partial charge in [-0.2, -0.15) is 0 Å². The van der Waals surface area contributed by atoms with Gasteiger partial charge in [-0.05, 0) is 75.5 Å². The Labute approximate surface area is 210 Å². The maximum atomic E-state index is 14.5. The molecule has 1 fully saturated rings. The van der Waals surface area contributed by atoms with Crippen molar-refractivity contribution in [1.29, 1.82) is 0 Å². The van der Waals surface area contributed by atoms with Crippen molar-refractivity contribution in [2.24, 2.45) is 0 Å². The number of ketones is 1. The Morgan fingerprint density at radius 2 is 2.00 bits per heavy atom. The Hall–Kier alpha value is -2.35. The van der Waals surface area contributed by atoms with E-state index in [4.69, 9.17) is 4.98 Å². The van der Waals surface area contributed by atoms with E-state index in [9.17, 15) is 14.0 Å². The van der Waals surface area contributed by atoms with Gasteiger partial charge in [-0.1, -0.05) is 24.3 Å². The number of carbonyl (C=O) groups is 2. The fourth-order valence-electron chi connectivity index (χ4n) is 3.95. The Morgan fingerprint density at radius 3 is 2.75 bits per heavy atom. The van der Waals surface area contributed by atoms with E-state index in [-0.39, 0.29) is 12.3 Å². The highest BCUT2D eigenvalue weighted by atomic mass is 127. The number of rotatable bonds is 3. The first-order chi connectivity index (χ1) is 15.3. The van der Waals surface area contributed by atoms with Crippen LogP contribution in [-0.2, 0) is 6.48 Å². The number of nitrogens with zero attached hydrogens (tertiary/aromatic N) is 4. The summed E-state index contributed by atoms with van der Waals surface area (Å²) in [6.07, 6.45) is 1.58. The molecule has 1 N–H and O–H groups in total. The monoisotopic (exact) mass is 655 g/mol. The fraction of sp³-hybridized carbons (Fsp3) is 0.182. The van der Waals surface area contributed by atoms with Gasteiger partial charge in [-0.15, -0.1) is 0 Å². The van der Waals surface area contributed by atoms with E-state index in [1.54, 1.807) is 87.8 Å². The van der Waals surface area contributed by atoms with Crippen LogP contribution in [0.3, 0.4) is 0 Å². The van der Waals surface area contributed by atoms with Crippen LogP contribution < -0.4 is 15.1 Å². The molecule has 5 rings (SSSR count). The number of alkyl halides is 3. The highest BCUT2D eigenvalue weighted by Crippen LogP contribution is 2.43. The smallest absolute Gasteiger partial charge is 0.329 e. The Kier molecular flexibility index (Phi) is 5.51. The molecule has 10 heteroatoms. The third-order valence-corrected chi connectivity index (χ3v) is 6.70. The van der Waals surface area contributed by atoms with Gasteiger partial charge in [0.2, 0.25) is 1.68 Å². The van der Waals surface area contributed by atoms with Gasteiger partial charge in [0.25, 0.3) is 0 Å². The van der Waals surface area contributed by atoms with E-state index in [0.717, 1.165) is 5.56 Å². The second-order valence-electron chi connectivity index (χ2n) is 7.50. The van der Waals surface area contributed by atoms with Crippen molar-refractivity contribution in [3.05, 3.63) is 66.4 Å². The maximum absolute atomic E-state index is 14.5. The van der Waals surface area contributed by atoms with E-state index in [2.05, 4.69) is 10.3 Å². The zero-order valence-corrected chi connectivity index (χ0v) is 20.8. The van der Waals surface area contributed by atoms with Crippen molar-refractivity contribution in [3.8, 4) is 11.3 Å². The van der Waals surface area contributed by atoms with Crippen LogP contribution in [0, 0.1) is 0 Å². The molecule has 0 aliphatic carbocycles. The standard InChI is InChI=1S/C22H16FI2N5O2/c23-22(24,25)14-5-3-4-13(10-14)15-7-8-16-20(27-15)30(17-11-29(16)12-18(17)31)21(32)28-19-6-1-2-9-26-19/h1-10,17H,11-12H2,(H,26,28,32)/t17-/m1/s1. The van der Waals surface area contributed by atoms with Crippen LogP contribution in [0.1, 0.15) is 5.56 Å². The minimum atomic E-state index is -1.55. The molecule has 0 unspecified atom stereocenters. The molecular formula is C22H16FI2N5O2. The van der Waals surface area contributed by atoms with Crippen LogP contribution in [0.5, 0.6) is 0 Å². The maximum Gasteiger partial charge on any atom is 0.329 e. The van der Waals surface area contributed by atoms with Crippen LogP contribution in [0.4, 0.5) is 26.5 Å². The first kappa shape index (κ1) is 21.5. The number of urea groups is 1. The van der Waals surface area contributed by atoms with Gasteiger partial charge in [0.1, 0.15) is 11.9 Å². The summed E-state index contributed by atoms with van der Waals surface area (Å²) in [5, 5.41) is 2.76. The van der Waals surface area contributed by atoms with Crippen molar-refractivity contribution in [2.45, 2.75) is 7.72 Å². The summed E-state index contributed by atoms with van der Waals surface area (Å²) in [5.41, 5.74) is 2.54. The van der Waals surface area contributed by atoms with Gasteiger partial charge < -0.3 is 4.90 Å². The molecule has 2 amide bonds. The van der Waals surface area contributed by atoms with Crippen molar-refractivity contribution >= 4 is 74.3 Å². The number of hydrogen-bond donors (Lipinski definition) is 1. The predicted molar refractivity (Wildman–Crippen MR) is 137 cm³/mol. The lowest BCUT2D eigenvalue weighted by Gasteiger charge is -2.34. The molecule has 162 valence electrons. The lowest BCUT2D eigenvalue weighted by molar-refractivity contribution is -0.117. The van der Waals surface area contributed by atoms with Gasteiger partial charge in [-0.25, -0.2) is 19.2 Å². The first-order valence-corrected chi connectivity index (χ1v) is 11.9. The molecule has 1 atom stereocenters. The number of nitrogens with one attached hydrogen (secondary N) is 1. The summed E-state index contributed by atoms with van der Waals surface area (Å²) in [5.74, 6) is 0.748. The van der Waals surface area contributed by atoms with Gasteiger partial charge in [0.15, 0.2) is 11.6 Å². The molecular weight excluding hydrogens is 639 g/mol. The van der Waals surface area contributed by atoms with E-state index in [1.807, 2.05) is 23.1 Å². The van der Waals surface area contributed by atoms with Crippen molar-refractivity contribution in [2.75, 3.05) is 28.2 Å². The number of halogens is 3. The number of anilines is 3. The molecule has 0 spiro atoms. The average molecular weight is 655 g/mol. The third kappa shape index (κ3) is 3.93. The minimum absolute atomic E-state index is 0.0419. The average Bonchev–Trinajstić information content (AvgIpc) is 3.10. The van der Waals surface area contributed by atoms with Gasteiger partial charge in [0, 0.05) is 23.9 Å². The number of benzene rings is 1. The molecule has 1 saturated heterocycles. The normalized spacial score (nSPS) is 17.3. The van der Waals surface area contributed by atoms with E-state index < -0.39 is 13.8 Å². The molecule has 1 aromatic carbocycles. The number of fused-ring (bicyclic) bond motifs is 4. The summed E-state index contributed by atoms with van der Waals surface area (Å²) >= 11 is 3.48. The largest absolute Gasteiger partial charge is 0.359 e. The highest BCUT2D eigenvalue weighted by molar-refractivity contribution is 14.2. The summed E-state index contributed by atoms with van der Waals surface area (Å²) < 4.78 is 12.9. The SMILES string of the molecule is O=C1CN2C[C@H]1N(C(=O)Nc1ccccn1)c1nc(-c3cccc(C(F)(I)I)c3)ccc12. The van der Waals surface area contributed by atoms with Crippen LogP contribution in [0.2, 0.25) is 0 Å². The molecule has 32 heavy (non-hydrogen) atoms. The topological polar surface area (TPSA) is 78.4 Å². The van der Waals surface area contributed by atoms with Crippen LogP contribution in [0.25, 0.3) is 11.3 Å². The lowest BCUT2D eigenvalue weighted by Crippen LogP contribution is -2.50. The molecule has 0 radical (unpaired) electrons. The predicted octanol–water partition coefficient (Wildman–Crippen LogP) is 4.90. The summed E-state index contributed by atoms with van der Waals surface area (Å²) in [6.45, 7) is 0.654. The lowest BCUT2D eigenvalue weighted by atomic mass is 10.1. The van der Waals surface area contributed by atoms with Gasteiger partial charge in [0.05, 0.1) is 17.9 Å². The first-order valence-electron chi connectivity index (χ1n) is 9.79. The Morgan fingerprint density at radius 1 is 1.16 bits per heavy atom. The Bertz CT molecular complexity index is 1220. The molecule has 2 bridgehead atoms. The molecule has 2 aromatic heterocycles. The quantitative estimate of drug-likeness (QED) is 0.321. The number of aromatic nitrogens is 2. The van der Waals surface area contributed by atoms with Gasteiger partial charge >= 0.3 is 6.03 Å². The number of amides is 2. The molecule has 3 aromatic rings. The second kappa shape index (κ2) is 8.21. The minimum Gasteiger partial charge on any atom is -0.359 e. The van der Waals surface area contributed by atoms with Crippen molar-refractivity contribution in [1.82, 2.24) is 9.97 Å². The number of Topliss-reactive ketones (excluding diaryl/α,β-unsaturated/α-hetero) is 1. The van der Waals surface area contributed by atoms with Gasteiger partial charge in [-0.3, -0.25) is 15.0 Å². The summed E-state index contributed by atoms with van der Waals surface area (Å²) in [4.78, 5) is 38.1. The van der Waals surface area contributed by atoms with Crippen molar-refractivity contribution in [3.63, 3.8) is 0 Å². The van der Waals surface area contributed by atoms with E-state index in [1.165, 1.54) is 4.90 Å². The van der Waals surface area contributed by atoms with Crippen LogP contribution in [-0.4, -0.2) is 40.9 Å². The highest BCUT2D eigenvalue weighted by Gasteiger charge is 2.45. The molecule has 2 aliphatic heterocycles. The number of pyridine rings is 2. The molecule has 0 saturated carbocycles. The molecule has 7 nitrogen and oxygen atoms in total. The second-order valence-corrected chi connectivity index (χ2v) is 12.5. The third-order valence-electron chi connectivity index (χ3n) is 5.45. The van der Waals surface area contributed by atoms with Crippen molar-refractivity contribution < 1.29 is 14.0 Å². The Balaban J connectivity index is 1.56. The van der Waals surface area contributed by atoms with Crippen LogP contribution >= 0.6 is 45.2 Å². The summed E-state index contributed by atoms with van der Waals surface area (Å²) in [7, 11) is 0. The zero-order chi connectivity index (χ0) is 22.5. The van der Waals surface area contributed by atoms with E-state index >= 15 is 0 Å². The zero-order valence-electron chi connectivity index (χ0n) is 16.5. The molecule has 2 aliphatic rings. The number of hydrogen-bond acceptors (Lipinski definition) is 5. The fourth-order valence-corrected chi connectivity index (χ4v) is 4.62.